The fraction of sp³-hybridized carbons (Fsp3) is 0.194. The highest BCUT2D eigenvalue weighted by atomic mass is 79.9. The summed E-state index contributed by atoms with van der Waals surface area (Å²) in [5.41, 5.74) is 10.7. The number of hydrogen-bond acceptors (Lipinski definition) is 7. The number of unbranched alkanes of at least 4 members (excludes halogenated alkanes) is 1. The van der Waals surface area contributed by atoms with Gasteiger partial charge in [-0.15, -0.1) is 21.5 Å². The van der Waals surface area contributed by atoms with Gasteiger partial charge in [0.2, 0.25) is 11.7 Å². The number of fused-ring (bicyclic) bond motifs is 1. The van der Waals surface area contributed by atoms with Crippen LogP contribution in [-0.4, -0.2) is 36.1 Å². The number of primary amides is 1. The molecule has 0 aliphatic rings. The summed E-state index contributed by atoms with van der Waals surface area (Å²) in [6.07, 6.45) is 7.13. The molecule has 0 saturated carbocycles. The molecule has 4 aromatic heterocycles. The molecule has 0 fully saturated rings. The van der Waals surface area contributed by atoms with Gasteiger partial charge in [-0.05, 0) is 62.8 Å². The molecule has 212 valence electrons. The summed E-state index contributed by atoms with van der Waals surface area (Å²) in [7, 11) is 0. The molecule has 4 heterocycles. The summed E-state index contributed by atoms with van der Waals surface area (Å²) in [5, 5.41) is 17.5. The molecule has 0 bridgehead atoms. The number of nitrogens with two attached hydrogens (primary N) is 1. The average molecular weight is 643 g/mol. The number of aromatic nitrogens is 6. The number of rotatable bonds is 11. The van der Waals surface area contributed by atoms with E-state index in [1.54, 1.807) is 11.3 Å². The highest BCUT2D eigenvalue weighted by Gasteiger charge is 2.20. The molecule has 2 aromatic carbocycles. The van der Waals surface area contributed by atoms with E-state index in [4.69, 9.17) is 15.1 Å². The molecule has 6 aromatic rings. The van der Waals surface area contributed by atoms with Crippen LogP contribution in [0.15, 0.2) is 80.6 Å². The number of benzene rings is 2. The summed E-state index contributed by atoms with van der Waals surface area (Å²) in [6.45, 7) is 2.75. The van der Waals surface area contributed by atoms with Crippen molar-refractivity contribution in [3.63, 3.8) is 0 Å². The van der Waals surface area contributed by atoms with E-state index in [1.165, 1.54) is 0 Å². The average Bonchev–Trinajstić information content (AvgIpc) is 3.82. The number of aromatic amines is 1. The Hall–Kier alpha value is -4.35. The third-order valence-electron chi connectivity index (χ3n) is 7.10. The van der Waals surface area contributed by atoms with Crippen molar-refractivity contribution < 1.29 is 9.21 Å². The lowest BCUT2D eigenvalue weighted by atomic mass is 10.0. The van der Waals surface area contributed by atoms with Crippen LogP contribution in [0.3, 0.4) is 0 Å². The van der Waals surface area contributed by atoms with Crippen molar-refractivity contribution in [2.75, 3.05) is 0 Å². The van der Waals surface area contributed by atoms with E-state index in [9.17, 15) is 4.79 Å². The van der Waals surface area contributed by atoms with Gasteiger partial charge in [0, 0.05) is 46.3 Å². The van der Waals surface area contributed by atoms with Crippen molar-refractivity contribution >= 4 is 50.2 Å². The fourth-order valence-electron chi connectivity index (χ4n) is 4.97. The molecule has 0 aliphatic carbocycles. The van der Waals surface area contributed by atoms with E-state index in [0.29, 0.717) is 30.1 Å². The van der Waals surface area contributed by atoms with Crippen molar-refractivity contribution in [1.29, 1.82) is 0 Å². The molecular formula is C31H28BrN7O2S. The molecule has 0 spiro atoms. The topological polar surface area (TPSA) is 129 Å². The van der Waals surface area contributed by atoms with E-state index >= 15 is 0 Å². The van der Waals surface area contributed by atoms with Crippen molar-refractivity contribution in [3.8, 4) is 22.7 Å². The second-order valence-electron chi connectivity index (χ2n) is 9.94. The summed E-state index contributed by atoms with van der Waals surface area (Å²) in [5.74, 6) is 1.73. The van der Waals surface area contributed by atoms with Gasteiger partial charge >= 0.3 is 0 Å². The Morgan fingerprint density at radius 2 is 2.02 bits per heavy atom. The van der Waals surface area contributed by atoms with Gasteiger partial charge < -0.3 is 14.7 Å². The van der Waals surface area contributed by atoms with Crippen molar-refractivity contribution in [2.45, 2.75) is 39.2 Å². The van der Waals surface area contributed by atoms with Gasteiger partial charge in [0.15, 0.2) is 0 Å². The van der Waals surface area contributed by atoms with Crippen LogP contribution in [0.25, 0.3) is 39.8 Å². The van der Waals surface area contributed by atoms with Gasteiger partial charge in [-0.2, -0.15) is 5.21 Å². The smallest absolute Gasteiger partial charge is 0.245 e. The molecule has 11 heteroatoms. The highest BCUT2D eigenvalue weighted by Crippen LogP contribution is 2.41. The molecule has 6 rings (SSSR count). The summed E-state index contributed by atoms with van der Waals surface area (Å²) in [4.78, 5) is 18.2. The molecule has 3 N–H and O–H groups in total. The minimum atomic E-state index is -0.427. The fourth-order valence-corrected chi connectivity index (χ4v) is 6.30. The molecule has 0 aliphatic heterocycles. The Morgan fingerprint density at radius 1 is 1.17 bits per heavy atom. The minimum absolute atomic E-state index is 0.427. The molecule has 0 saturated heterocycles. The van der Waals surface area contributed by atoms with E-state index in [0.717, 1.165) is 67.8 Å². The van der Waals surface area contributed by atoms with Gasteiger partial charge in [-0.3, -0.25) is 4.79 Å². The predicted molar refractivity (Wildman–Crippen MR) is 168 cm³/mol. The summed E-state index contributed by atoms with van der Waals surface area (Å²) >= 11 is 5.41. The maximum Gasteiger partial charge on any atom is 0.245 e. The van der Waals surface area contributed by atoms with E-state index in [-0.39, 0.29) is 0 Å². The highest BCUT2D eigenvalue weighted by molar-refractivity contribution is 9.10. The number of amides is 1. The van der Waals surface area contributed by atoms with Gasteiger partial charge in [0.25, 0.3) is 0 Å². The van der Waals surface area contributed by atoms with Gasteiger partial charge in [-0.25, -0.2) is 4.98 Å². The molecule has 9 nitrogen and oxygen atoms in total. The van der Waals surface area contributed by atoms with Crippen molar-refractivity contribution in [2.24, 2.45) is 5.73 Å². The van der Waals surface area contributed by atoms with E-state index in [1.807, 2.05) is 60.1 Å². The second-order valence-corrected chi connectivity index (χ2v) is 11.8. The lowest BCUT2D eigenvalue weighted by Crippen LogP contribution is -2.16. The zero-order valence-electron chi connectivity index (χ0n) is 22.9. The first-order chi connectivity index (χ1) is 20.5. The zero-order valence-corrected chi connectivity index (χ0v) is 25.3. The number of H-pyrrole nitrogens is 1. The van der Waals surface area contributed by atoms with Crippen molar-refractivity contribution in [3.05, 3.63) is 98.2 Å². The number of halogens is 1. The SMILES string of the molecule is CCCCc1ncc(/C=C(/Cc2cccs2)C(N)=O)n1Cc1ccc2oc(-c3ccccc3-c3nn[nH]n3)c(Br)c2c1. The molecule has 0 atom stereocenters. The Kier molecular flexibility index (Phi) is 8.11. The monoisotopic (exact) mass is 641 g/mol. The number of thiophene rings is 1. The number of furan rings is 1. The molecular weight excluding hydrogens is 614 g/mol. The minimum Gasteiger partial charge on any atom is -0.455 e. The van der Waals surface area contributed by atoms with Crippen LogP contribution in [-0.2, 0) is 24.2 Å². The standard InChI is InChI=1S/C31H28BrN7O2S/c1-2-3-10-27-34-17-21(15-20(30(33)40)16-22-7-6-13-42-22)39(27)18-19-11-12-26-25(14-19)28(32)29(41-26)23-8-4-5-9-24(23)31-35-37-38-36-31/h4-9,11-15,17H,2-3,10,16,18H2,1H3,(H2,33,40)(H,35,36,37,38)/b20-15-. The predicted octanol–water partition coefficient (Wildman–Crippen LogP) is 6.80. The van der Waals surface area contributed by atoms with Gasteiger partial charge in [0.1, 0.15) is 17.2 Å². The normalized spacial score (nSPS) is 11.9. The number of aryl methyl sites for hydroxylation is 1. The van der Waals surface area contributed by atoms with Crippen LogP contribution in [0.1, 0.15) is 41.7 Å². The number of nitrogens with zero attached hydrogens (tertiary/aromatic N) is 5. The Morgan fingerprint density at radius 3 is 2.76 bits per heavy atom. The maximum absolute atomic E-state index is 12.4. The van der Waals surface area contributed by atoms with Crippen LogP contribution in [0.4, 0.5) is 0 Å². The van der Waals surface area contributed by atoms with Crippen LogP contribution in [0.5, 0.6) is 0 Å². The third kappa shape index (κ3) is 5.70. The molecule has 1 amide bonds. The molecule has 0 radical (unpaired) electrons. The summed E-state index contributed by atoms with van der Waals surface area (Å²) < 4.78 is 9.35. The quantitative estimate of drug-likeness (QED) is 0.150. The maximum atomic E-state index is 12.4. The Labute approximate surface area is 254 Å². The number of imidazole rings is 1. The third-order valence-corrected chi connectivity index (χ3v) is 8.76. The van der Waals surface area contributed by atoms with Gasteiger partial charge in [0.05, 0.1) is 16.4 Å². The number of carbonyl (C=O) groups excluding carboxylic acids is 1. The largest absolute Gasteiger partial charge is 0.455 e. The second kappa shape index (κ2) is 12.3. The Bertz CT molecular complexity index is 1870. The van der Waals surface area contributed by atoms with Crippen LogP contribution < -0.4 is 5.73 Å². The Balaban J connectivity index is 1.37. The van der Waals surface area contributed by atoms with Crippen LogP contribution >= 0.6 is 27.3 Å². The lowest BCUT2D eigenvalue weighted by molar-refractivity contribution is -0.114. The lowest BCUT2D eigenvalue weighted by Gasteiger charge is -2.12. The van der Waals surface area contributed by atoms with E-state index in [2.05, 4.69) is 60.2 Å². The number of tetrazole rings is 1. The zero-order chi connectivity index (χ0) is 29.1. The summed E-state index contributed by atoms with van der Waals surface area (Å²) in [6, 6.07) is 18.0. The van der Waals surface area contributed by atoms with E-state index < -0.39 is 5.91 Å². The molecule has 42 heavy (non-hydrogen) atoms. The first-order valence-corrected chi connectivity index (χ1v) is 15.3. The van der Waals surface area contributed by atoms with Crippen LogP contribution in [0.2, 0.25) is 0 Å². The van der Waals surface area contributed by atoms with Gasteiger partial charge in [-0.1, -0.05) is 49.7 Å². The number of nitrogens with one attached hydrogen (secondary N) is 1. The number of carbonyl (C=O) groups is 1. The van der Waals surface area contributed by atoms with Crippen LogP contribution in [0, 0.1) is 0 Å². The van der Waals surface area contributed by atoms with Crippen molar-refractivity contribution in [1.82, 2.24) is 30.2 Å². The first kappa shape index (κ1) is 27.8. The number of hydrogen-bond donors (Lipinski definition) is 2. The molecule has 0 unspecified atom stereocenters. The first-order valence-electron chi connectivity index (χ1n) is 13.6.